The quantitative estimate of drug-likeness (QED) is 0.801. The van der Waals surface area contributed by atoms with Crippen molar-refractivity contribution in [2.45, 2.75) is 13.0 Å². The standard InChI is InChI=1S/C14H16N4O4/c1-15-5-4-12-17-14(22-18-12)13(19)16-7-9-2-3-10-11(6-9)21-8-20-10/h2-3,6,15H,4-5,7-8H2,1H3,(H,16,19). The molecule has 2 N–H and O–H groups in total. The number of nitrogens with zero attached hydrogens (tertiary/aromatic N) is 2. The number of nitrogens with one attached hydrogen (secondary N) is 2. The monoisotopic (exact) mass is 304 g/mol. The van der Waals surface area contributed by atoms with Crippen molar-refractivity contribution in [2.75, 3.05) is 20.4 Å². The van der Waals surface area contributed by atoms with Crippen molar-refractivity contribution in [1.82, 2.24) is 20.8 Å². The van der Waals surface area contributed by atoms with E-state index in [0.717, 1.165) is 12.1 Å². The Morgan fingerprint density at radius 2 is 2.18 bits per heavy atom. The molecule has 3 rings (SSSR count). The lowest BCUT2D eigenvalue weighted by molar-refractivity contribution is 0.0907. The Bertz CT molecular complexity index is 671. The normalized spacial score (nSPS) is 12.4. The molecule has 1 aromatic heterocycles. The number of benzene rings is 1. The summed E-state index contributed by atoms with van der Waals surface area (Å²) in [5.41, 5.74) is 0.896. The molecule has 1 amide bonds. The van der Waals surface area contributed by atoms with Crippen LogP contribution in [-0.4, -0.2) is 36.4 Å². The van der Waals surface area contributed by atoms with Crippen molar-refractivity contribution in [1.29, 1.82) is 0 Å². The fourth-order valence-corrected chi connectivity index (χ4v) is 1.99. The number of carbonyl (C=O) groups excluding carboxylic acids is 1. The summed E-state index contributed by atoms with van der Waals surface area (Å²) in [6, 6.07) is 5.50. The van der Waals surface area contributed by atoms with Crippen LogP contribution < -0.4 is 20.1 Å². The number of amides is 1. The van der Waals surface area contributed by atoms with Gasteiger partial charge in [0, 0.05) is 19.5 Å². The molecule has 0 atom stereocenters. The summed E-state index contributed by atoms with van der Waals surface area (Å²) in [7, 11) is 1.83. The van der Waals surface area contributed by atoms with Crippen molar-refractivity contribution in [3.05, 3.63) is 35.5 Å². The van der Waals surface area contributed by atoms with Gasteiger partial charge in [0.25, 0.3) is 0 Å². The van der Waals surface area contributed by atoms with Gasteiger partial charge in [0.15, 0.2) is 17.3 Å². The first kappa shape index (κ1) is 14.3. The number of ether oxygens (including phenoxy) is 2. The molecule has 0 fully saturated rings. The van der Waals surface area contributed by atoms with Crippen LogP contribution in [0.4, 0.5) is 0 Å². The van der Waals surface area contributed by atoms with Crippen LogP contribution in [0.2, 0.25) is 0 Å². The Balaban J connectivity index is 1.56. The summed E-state index contributed by atoms with van der Waals surface area (Å²) in [4.78, 5) is 16.0. The van der Waals surface area contributed by atoms with Gasteiger partial charge in [0.05, 0.1) is 0 Å². The van der Waals surface area contributed by atoms with Gasteiger partial charge in [-0.05, 0) is 24.7 Å². The van der Waals surface area contributed by atoms with Gasteiger partial charge in [-0.2, -0.15) is 4.98 Å². The van der Waals surface area contributed by atoms with Crippen LogP contribution >= 0.6 is 0 Å². The van der Waals surface area contributed by atoms with Crippen LogP contribution in [0, 0.1) is 0 Å². The molecule has 2 aromatic rings. The summed E-state index contributed by atoms with van der Waals surface area (Å²) in [6.45, 7) is 1.28. The van der Waals surface area contributed by atoms with E-state index in [9.17, 15) is 4.79 Å². The van der Waals surface area contributed by atoms with E-state index in [1.54, 1.807) is 0 Å². The van der Waals surface area contributed by atoms with Crippen LogP contribution in [0.3, 0.4) is 0 Å². The first-order valence-corrected chi connectivity index (χ1v) is 6.90. The van der Waals surface area contributed by atoms with E-state index < -0.39 is 5.91 Å². The molecular formula is C14H16N4O4. The molecular weight excluding hydrogens is 288 g/mol. The minimum absolute atomic E-state index is 0.0353. The topological polar surface area (TPSA) is 98.5 Å². The number of carbonyl (C=O) groups is 1. The zero-order valence-corrected chi connectivity index (χ0v) is 12.1. The highest BCUT2D eigenvalue weighted by molar-refractivity contribution is 5.89. The van der Waals surface area contributed by atoms with E-state index in [2.05, 4.69) is 20.8 Å². The van der Waals surface area contributed by atoms with E-state index in [1.165, 1.54) is 0 Å². The summed E-state index contributed by atoms with van der Waals surface area (Å²) in [6.07, 6.45) is 0.607. The van der Waals surface area contributed by atoms with Gasteiger partial charge in [0.2, 0.25) is 6.79 Å². The van der Waals surface area contributed by atoms with Gasteiger partial charge in [-0.15, -0.1) is 0 Å². The van der Waals surface area contributed by atoms with Crippen molar-refractivity contribution >= 4 is 5.91 Å². The molecule has 8 nitrogen and oxygen atoms in total. The molecule has 0 unspecified atom stereocenters. The molecule has 0 saturated carbocycles. The first-order chi connectivity index (χ1) is 10.8. The van der Waals surface area contributed by atoms with E-state index in [4.69, 9.17) is 14.0 Å². The molecule has 2 heterocycles. The second-order valence-electron chi connectivity index (χ2n) is 4.74. The van der Waals surface area contributed by atoms with Gasteiger partial charge in [-0.3, -0.25) is 4.79 Å². The van der Waals surface area contributed by atoms with Crippen LogP contribution in [0.1, 0.15) is 22.1 Å². The Labute approximate surface area is 126 Å². The maximum absolute atomic E-state index is 12.0. The van der Waals surface area contributed by atoms with Gasteiger partial charge in [-0.1, -0.05) is 11.2 Å². The highest BCUT2D eigenvalue weighted by Crippen LogP contribution is 2.32. The van der Waals surface area contributed by atoms with Crippen molar-refractivity contribution in [3.8, 4) is 11.5 Å². The Morgan fingerprint density at radius 1 is 1.32 bits per heavy atom. The predicted octanol–water partition coefficient (Wildman–Crippen LogP) is 0.490. The number of likely N-dealkylation sites (N-methyl/N-ethyl adjacent to an activating group) is 1. The van der Waals surface area contributed by atoms with Crippen molar-refractivity contribution in [3.63, 3.8) is 0 Å². The van der Waals surface area contributed by atoms with E-state index in [0.29, 0.717) is 30.3 Å². The van der Waals surface area contributed by atoms with Gasteiger partial charge >= 0.3 is 11.8 Å². The van der Waals surface area contributed by atoms with Gasteiger partial charge < -0.3 is 24.6 Å². The summed E-state index contributed by atoms with van der Waals surface area (Å²) in [5.74, 6) is 1.45. The van der Waals surface area contributed by atoms with E-state index in [-0.39, 0.29) is 12.7 Å². The fourth-order valence-electron chi connectivity index (χ4n) is 1.99. The summed E-state index contributed by atoms with van der Waals surface area (Å²) < 4.78 is 15.5. The van der Waals surface area contributed by atoms with Crippen LogP contribution in [-0.2, 0) is 13.0 Å². The lowest BCUT2D eigenvalue weighted by atomic mass is 10.2. The third kappa shape index (κ3) is 3.17. The molecule has 1 aromatic carbocycles. The van der Waals surface area contributed by atoms with Gasteiger partial charge in [0.1, 0.15) is 0 Å². The number of aromatic nitrogens is 2. The molecule has 0 bridgehead atoms. The maximum Gasteiger partial charge on any atom is 0.315 e. The number of fused-ring (bicyclic) bond motifs is 1. The Morgan fingerprint density at radius 3 is 3.05 bits per heavy atom. The van der Waals surface area contributed by atoms with Crippen molar-refractivity contribution < 1.29 is 18.8 Å². The molecule has 0 saturated heterocycles. The van der Waals surface area contributed by atoms with Gasteiger partial charge in [-0.25, -0.2) is 0 Å². The second kappa shape index (κ2) is 6.44. The zero-order valence-electron chi connectivity index (χ0n) is 12.1. The molecule has 1 aliphatic rings. The Kier molecular flexibility index (Phi) is 4.19. The molecule has 8 heteroatoms. The maximum atomic E-state index is 12.0. The molecule has 116 valence electrons. The summed E-state index contributed by atoms with van der Waals surface area (Å²) in [5, 5.41) is 9.46. The average Bonchev–Trinajstić information content (AvgIpc) is 3.19. The van der Waals surface area contributed by atoms with E-state index in [1.807, 2.05) is 25.2 Å². The average molecular weight is 304 g/mol. The van der Waals surface area contributed by atoms with Crippen LogP contribution in [0.5, 0.6) is 11.5 Å². The molecule has 0 aliphatic carbocycles. The fraction of sp³-hybridized carbons (Fsp3) is 0.357. The number of rotatable bonds is 6. The molecule has 0 spiro atoms. The Hall–Kier alpha value is -2.61. The lowest BCUT2D eigenvalue weighted by Crippen LogP contribution is -2.23. The second-order valence-corrected chi connectivity index (χ2v) is 4.74. The molecule has 1 aliphatic heterocycles. The molecule has 22 heavy (non-hydrogen) atoms. The zero-order chi connectivity index (χ0) is 15.4. The third-order valence-electron chi connectivity index (χ3n) is 3.15. The minimum atomic E-state index is -0.402. The molecule has 0 radical (unpaired) electrons. The largest absolute Gasteiger partial charge is 0.454 e. The minimum Gasteiger partial charge on any atom is -0.454 e. The first-order valence-electron chi connectivity index (χ1n) is 6.90. The number of hydrogen-bond donors (Lipinski definition) is 2. The smallest absolute Gasteiger partial charge is 0.315 e. The number of hydrogen-bond acceptors (Lipinski definition) is 7. The summed E-state index contributed by atoms with van der Waals surface area (Å²) >= 11 is 0. The lowest BCUT2D eigenvalue weighted by Gasteiger charge is -2.03. The SMILES string of the molecule is CNCCc1noc(C(=O)NCc2ccc3c(c2)OCO3)n1. The highest BCUT2D eigenvalue weighted by Gasteiger charge is 2.16. The highest BCUT2D eigenvalue weighted by atomic mass is 16.7. The van der Waals surface area contributed by atoms with Crippen LogP contribution in [0.15, 0.2) is 22.7 Å². The van der Waals surface area contributed by atoms with Crippen molar-refractivity contribution in [2.24, 2.45) is 0 Å². The van der Waals surface area contributed by atoms with E-state index >= 15 is 0 Å². The predicted molar refractivity (Wildman–Crippen MR) is 75.7 cm³/mol. The third-order valence-corrected chi connectivity index (χ3v) is 3.15. The van der Waals surface area contributed by atoms with Crippen LogP contribution in [0.25, 0.3) is 0 Å².